The van der Waals surface area contributed by atoms with Crippen molar-refractivity contribution in [2.75, 3.05) is 19.8 Å². The van der Waals surface area contributed by atoms with E-state index in [9.17, 15) is 5.11 Å². The Bertz CT molecular complexity index is 357. The van der Waals surface area contributed by atoms with Crippen LogP contribution in [0.1, 0.15) is 19.4 Å². The average Bonchev–Trinajstić information content (AvgIpc) is 2.27. The van der Waals surface area contributed by atoms with Crippen LogP contribution in [0, 0.1) is 5.41 Å². The monoisotopic (exact) mass is 235 g/mol. The molecule has 1 aromatic carbocycles. The van der Waals surface area contributed by atoms with E-state index in [0.717, 1.165) is 26.2 Å². The third kappa shape index (κ3) is 3.45. The van der Waals surface area contributed by atoms with Gasteiger partial charge in [-0.15, -0.1) is 0 Å². The Labute approximate surface area is 103 Å². The molecule has 2 N–H and O–H groups in total. The second kappa shape index (κ2) is 5.07. The van der Waals surface area contributed by atoms with E-state index >= 15 is 0 Å². The molecule has 94 valence electrons. The summed E-state index contributed by atoms with van der Waals surface area (Å²) >= 11 is 0. The highest BCUT2D eigenvalue weighted by molar-refractivity contribution is 5.26. The average molecular weight is 235 g/mol. The molecular formula is C14H21NO2. The van der Waals surface area contributed by atoms with Gasteiger partial charge in [-0.3, -0.25) is 0 Å². The zero-order chi connectivity index (χ0) is 12.3. The third-order valence-corrected chi connectivity index (χ3v) is 3.26. The summed E-state index contributed by atoms with van der Waals surface area (Å²) < 4.78 is 5.23. The normalized spacial score (nSPS) is 19.6. The molecule has 0 amide bonds. The molecule has 0 saturated carbocycles. The Morgan fingerprint density at radius 2 is 2.00 bits per heavy atom. The zero-order valence-electron chi connectivity index (χ0n) is 10.6. The lowest BCUT2D eigenvalue weighted by Crippen LogP contribution is -2.49. The summed E-state index contributed by atoms with van der Waals surface area (Å²) in [4.78, 5) is 0. The quantitative estimate of drug-likeness (QED) is 0.819. The summed E-state index contributed by atoms with van der Waals surface area (Å²) in [5.74, 6) is 0.327. The van der Waals surface area contributed by atoms with Gasteiger partial charge in [0.2, 0.25) is 0 Å². The van der Waals surface area contributed by atoms with Gasteiger partial charge in [0.05, 0.1) is 13.2 Å². The predicted molar refractivity (Wildman–Crippen MR) is 68.2 cm³/mol. The number of rotatable bonds is 5. The maximum absolute atomic E-state index is 9.21. The van der Waals surface area contributed by atoms with Crippen LogP contribution in [0.2, 0.25) is 0 Å². The molecule has 0 bridgehead atoms. The number of hydrogen-bond donors (Lipinski definition) is 2. The minimum atomic E-state index is 0.323. The van der Waals surface area contributed by atoms with Crippen molar-refractivity contribution in [3.8, 4) is 5.75 Å². The fourth-order valence-electron chi connectivity index (χ4n) is 2.03. The predicted octanol–water partition coefficient (Wildman–Crippen LogP) is 1.95. The van der Waals surface area contributed by atoms with Crippen LogP contribution in [0.15, 0.2) is 24.3 Å². The number of ether oxygens (including phenoxy) is 1. The smallest absolute Gasteiger partial charge is 0.115 e. The molecule has 1 unspecified atom stereocenters. The Morgan fingerprint density at radius 3 is 2.53 bits per heavy atom. The number of nitrogens with one attached hydrogen (secondary N) is 1. The number of hydrogen-bond acceptors (Lipinski definition) is 3. The van der Waals surface area contributed by atoms with Gasteiger partial charge in [0, 0.05) is 18.0 Å². The van der Waals surface area contributed by atoms with Crippen molar-refractivity contribution in [3.63, 3.8) is 0 Å². The van der Waals surface area contributed by atoms with Crippen LogP contribution in [0.3, 0.4) is 0 Å². The summed E-state index contributed by atoms with van der Waals surface area (Å²) in [5, 5.41) is 12.8. The number of benzene rings is 1. The second-order valence-electron chi connectivity index (χ2n) is 5.46. The van der Waals surface area contributed by atoms with E-state index in [0.29, 0.717) is 17.2 Å². The first-order valence-electron chi connectivity index (χ1n) is 6.16. The van der Waals surface area contributed by atoms with Gasteiger partial charge in [-0.25, -0.2) is 0 Å². The van der Waals surface area contributed by atoms with Crippen molar-refractivity contribution in [2.24, 2.45) is 5.41 Å². The van der Waals surface area contributed by atoms with E-state index in [1.165, 1.54) is 5.56 Å². The molecular weight excluding hydrogens is 214 g/mol. The molecule has 3 nitrogen and oxygen atoms in total. The fourth-order valence-corrected chi connectivity index (χ4v) is 2.03. The van der Waals surface area contributed by atoms with Crippen LogP contribution in [-0.2, 0) is 11.2 Å². The summed E-state index contributed by atoms with van der Waals surface area (Å²) in [6.07, 6.45) is 0.983. The van der Waals surface area contributed by atoms with Crippen molar-refractivity contribution in [1.82, 2.24) is 5.32 Å². The Hall–Kier alpha value is -1.06. The van der Waals surface area contributed by atoms with E-state index in [2.05, 4.69) is 19.2 Å². The maximum Gasteiger partial charge on any atom is 0.115 e. The van der Waals surface area contributed by atoms with Gasteiger partial charge in [0.15, 0.2) is 0 Å². The fraction of sp³-hybridized carbons (Fsp3) is 0.571. The van der Waals surface area contributed by atoms with Crippen LogP contribution in [0.5, 0.6) is 5.75 Å². The number of aromatic hydroxyl groups is 1. The van der Waals surface area contributed by atoms with Crippen LogP contribution >= 0.6 is 0 Å². The molecule has 1 saturated heterocycles. The van der Waals surface area contributed by atoms with Crippen LogP contribution in [0.25, 0.3) is 0 Å². The first kappa shape index (κ1) is 12.4. The largest absolute Gasteiger partial charge is 0.508 e. The molecule has 3 heteroatoms. The number of phenols is 1. The summed E-state index contributed by atoms with van der Waals surface area (Å²) in [7, 11) is 0. The molecule has 1 atom stereocenters. The van der Waals surface area contributed by atoms with Crippen molar-refractivity contribution in [1.29, 1.82) is 0 Å². The minimum Gasteiger partial charge on any atom is -0.508 e. The molecule has 0 aromatic heterocycles. The summed E-state index contributed by atoms with van der Waals surface area (Å²) in [6, 6.07) is 7.87. The first-order valence-corrected chi connectivity index (χ1v) is 6.16. The summed E-state index contributed by atoms with van der Waals surface area (Å²) in [5.41, 5.74) is 1.57. The van der Waals surface area contributed by atoms with Crippen molar-refractivity contribution < 1.29 is 9.84 Å². The molecule has 0 spiro atoms. The van der Waals surface area contributed by atoms with Crippen molar-refractivity contribution in [2.45, 2.75) is 26.3 Å². The van der Waals surface area contributed by atoms with Crippen LogP contribution < -0.4 is 5.32 Å². The Kier molecular flexibility index (Phi) is 3.69. The van der Waals surface area contributed by atoms with Gasteiger partial charge in [-0.05, 0) is 31.0 Å². The van der Waals surface area contributed by atoms with Crippen molar-refractivity contribution in [3.05, 3.63) is 29.8 Å². The zero-order valence-corrected chi connectivity index (χ0v) is 10.6. The lowest BCUT2D eigenvalue weighted by Gasteiger charge is -2.39. The van der Waals surface area contributed by atoms with Gasteiger partial charge >= 0.3 is 0 Å². The van der Waals surface area contributed by atoms with E-state index in [4.69, 9.17) is 4.74 Å². The molecule has 2 rings (SSSR count). The lowest BCUT2D eigenvalue weighted by molar-refractivity contribution is -0.0998. The molecule has 1 heterocycles. The van der Waals surface area contributed by atoms with Crippen LogP contribution in [0.4, 0.5) is 0 Å². The molecule has 1 fully saturated rings. The molecule has 0 aliphatic carbocycles. The Balaban J connectivity index is 1.76. The maximum atomic E-state index is 9.21. The SMILES string of the molecule is CC(Cc1ccc(O)cc1)NCC1(C)COC1. The molecule has 0 radical (unpaired) electrons. The van der Waals surface area contributed by atoms with E-state index in [-0.39, 0.29) is 0 Å². The highest BCUT2D eigenvalue weighted by atomic mass is 16.5. The van der Waals surface area contributed by atoms with Crippen LogP contribution in [-0.4, -0.2) is 30.9 Å². The molecule has 1 aliphatic heterocycles. The summed E-state index contributed by atoms with van der Waals surface area (Å²) in [6.45, 7) is 7.18. The molecule has 17 heavy (non-hydrogen) atoms. The number of phenolic OH excluding ortho intramolecular Hbond substituents is 1. The highest BCUT2D eigenvalue weighted by Gasteiger charge is 2.33. The topological polar surface area (TPSA) is 41.5 Å². The Morgan fingerprint density at radius 1 is 1.35 bits per heavy atom. The van der Waals surface area contributed by atoms with E-state index in [1.54, 1.807) is 12.1 Å². The molecule has 1 aromatic rings. The van der Waals surface area contributed by atoms with Gasteiger partial charge in [0.25, 0.3) is 0 Å². The third-order valence-electron chi connectivity index (χ3n) is 3.26. The standard InChI is InChI=1S/C14H21NO2/c1-11(15-8-14(2)9-17-10-14)7-12-3-5-13(16)6-4-12/h3-6,11,15-16H,7-10H2,1-2H3. The van der Waals surface area contributed by atoms with E-state index < -0.39 is 0 Å². The lowest BCUT2D eigenvalue weighted by atomic mass is 9.88. The van der Waals surface area contributed by atoms with Gasteiger partial charge in [0.1, 0.15) is 5.75 Å². The highest BCUT2D eigenvalue weighted by Crippen LogP contribution is 2.25. The first-order chi connectivity index (χ1) is 8.07. The van der Waals surface area contributed by atoms with Gasteiger partial charge in [-0.2, -0.15) is 0 Å². The van der Waals surface area contributed by atoms with Gasteiger partial charge in [-0.1, -0.05) is 19.1 Å². The van der Waals surface area contributed by atoms with Gasteiger partial charge < -0.3 is 15.2 Å². The van der Waals surface area contributed by atoms with Crippen molar-refractivity contribution >= 4 is 0 Å². The minimum absolute atomic E-state index is 0.323. The van der Waals surface area contributed by atoms with E-state index in [1.807, 2.05) is 12.1 Å². The molecule has 1 aliphatic rings. The second-order valence-corrected chi connectivity index (χ2v) is 5.46.